The number of benzene rings is 1. The fourth-order valence-corrected chi connectivity index (χ4v) is 2.67. The van der Waals surface area contributed by atoms with Crippen LogP contribution in [0.3, 0.4) is 0 Å². The van der Waals surface area contributed by atoms with Gasteiger partial charge in [0.05, 0.1) is 10.2 Å². The molecule has 0 bridgehead atoms. The lowest BCUT2D eigenvalue weighted by Gasteiger charge is -2.07. The number of amides is 1. The molecule has 2 N–H and O–H groups in total. The lowest BCUT2D eigenvalue weighted by Crippen LogP contribution is -2.16. The highest BCUT2D eigenvalue weighted by atomic mass is 35.5. The van der Waals surface area contributed by atoms with Gasteiger partial charge in [-0.15, -0.1) is 25.6 Å². The lowest BCUT2D eigenvalue weighted by atomic mass is 10.3. The number of ether oxygens (including phenoxy) is 1. The quantitative estimate of drug-likeness (QED) is 0.764. The second-order valence-electron chi connectivity index (χ2n) is 4.45. The summed E-state index contributed by atoms with van der Waals surface area (Å²) in [5.41, 5.74) is 0.505. The Morgan fingerprint density at radius 2 is 2.13 bits per heavy atom. The van der Waals surface area contributed by atoms with Crippen molar-refractivity contribution in [3.05, 3.63) is 18.2 Å². The van der Waals surface area contributed by atoms with Gasteiger partial charge in [0.15, 0.2) is 5.13 Å². The number of hydrogen-bond donors (Lipinski definition) is 2. The van der Waals surface area contributed by atoms with Crippen molar-refractivity contribution in [2.45, 2.75) is 19.2 Å². The summed E-state index contributed by atoms with van der Waals surface area (Å²) in [6.45, 7) is 0.728. The zero-order valence-electron chi connectivity index (χ0n) is 12.1. The predicted molar refractivity (Wildman–Crippen MR) is 85.3 cm³/mol. The second-order valence-corrected chi connectivity index (χ2v) is 5.48. The number of anilines is 1. The number of nitrogens with zero attached hydrogens (tertiary/aromatic N) is 1. The first-order valence-electron chi connectivity index (χ1n) is 6.48. The Hall–Kier alpha value is -1.58. The van der Waals surface area contributed by atoms with Crippen molar-refractivity contribution in [2.24, 2.45) is 0 Å². The van der Waals surface area contributed by atoms with Gasteiger partial charge < -0.3 is 15.4 Å². The van der Waals surface area contributed by atoms with Crippen LogP contribution in [0.4, 0.5) is 18.3 Å². The van der Waals surface area contributed by atoms with Crippen LogP contribution in [0.5, 0.6) is 5.75 Å². The maximum atomic E-state index is 12.2. The van der Waals surface area contributed by atoms with Crippen LogP contribution in [0.25, 0.3) is 10.2 Å². The van der Waals surface area contributed by atoms with Gasteiger partial charge in [-0.1, -0.05) is 11.3 Å². The molecule has 0 atom stereocenters. The van der Waals surface area contributed by atoms with Gasteiger partial charge in [-0.05, 0) is 32.1 Å². The number of nitrogens with one attached hydrogen (secondary N) is 2. The smallest absolute Gasteiger partial charge is 0.406 e. The zero-order chi connectivity index (χ0) is 16.2. The summed E-state index contributed by atoms with van der Waals surface area (Å²) in [6.07, 6.45) is -3.70. The molecule has 10 heteroatoms. The van der Waals surface area contributed by atoms with Crippen molar-refractivity contribution < 1.29 is 22.7 Å². The minimum Gasteiger partial charge on any atom is -0.406 e. The summed E-state index contributed by atoms with van der Waals surface area (Å²) in [4.78, 5) is 15.8. The SMILES string of the molecule is CNCCCC(=O)Nc1nc2ccc(OC(F)(F)F)cc2s1.Cl. The Bertz CT molecular complexity index is 663. The van der Waals surface area contributed by atoms with Crippen molar-refractivity contribution in [2.75, 3.05) is 18.9 Å². The van der Waals surface area contributed by atoms with Crippen molar-refractivity contribution in [1.29, 1.82) is 0 Å². The van der Waals surface area contributed by atoms with Crippen LogP contribution >= 0.6 is 23.7 Å². The van der Waals surface area contributed by atoms with Gasteiger partial charge in [0.25, 0.3) is 0 Å². The van der Waals surface area contributed by atoms with Gasteiger partial charge >= 0.3 is 6.36 Å². The molecule has 0 aliphatic heterocycles. The Balaban J connectivity index is 0.00000264. The molecule has 0 radical (unpaired) electrons. The van der Waals surface area contributed by atoms with Gasteiger partial charge in [0, 0.05) is 12.5 Å². The maximum absolute atomic E-state index is 12.2. The average molecular weight is 370 g/mol. The Labute approximate surface area is 140 Å². The molecule has 0 spiro atoms. The number of fused-ring (bicyclic) bond motifs is 1. The lowest BCUT2D eigenvalue weighted by molar-refractivity contribution is -0.274. The summed E-state index contributed by atoms with van der Waals surface area (Å²) >= 11 is 1.10. The number of rotatable bonds is 6. The van der Waals surface area contributed by atoms with Crippen molar-refractivity contribution in [3.63, 3.8) is 0 Å². The van der Waals surface area contributed by atoms with E-state index in [1.165, 1.54) is 18.2 Å². The standard InChI is InChI=1S/C13H14F3N3O2S.ClH/c1-17-6-2-3-11(20)19-12-18-9-5-4-8(7-10(9)22-12)21-13(14,15)16;/h4-5,7,17H,2-3,6H2,1H3,(H,18,19,20);1H. The summed E-state index contributed by atoms with van der Waals surface area (Å²) in [7, 11) is 1.80. The molecule has 2 rings (SSSR count). The van der Waals surface area contributed by atoms with E-state index in [2.05, 4.69) is 20.4 Å². The fourth-order valence-electron chi connectivity index (χ4n) is 1.76. The van der Waals surface area contributed by atoms with Crippen molar-refractivity contribution >= 4 is 45.0 Å². The molecule has 1 amide bonds. The zero-order valence-corrected chi connectivity index (χ0v) is 13.7. The molecule has 0 aliphatic carbocycles. The van der Waals surface area contributed by atoms with Crippen LogP contribution in [-0.4, -0.2) is 30.8 Å². The van der Waals surface area contributed by atoms with Gasteiger partial charge in [-0.2, -0.15) is 0 Å². The van der Waals surface area contributed by atoms with E-state index in [9.17, 15) is 18.0 Å². The van der Waals surface area contributed by atoms with E-state index in [0.29, 0.717) is 28.2 Å². The van der Waals surface area contributed by atoms with E-state index in [4.69, 9.17) is 0 Å². The number of alkyl halides is 3. The highest BCUT2D eigenvalue weighted by Gasteiger charge is 2.31. The molecule has 2 aromatic rings. The van der Waals surface area contributed by atoms with E-state index >= 15 is 0 Å². The molecule has 23 heavy (non-hydrogen) atoms. The molecular formula is C13H15ClF3N3O2S. The number of carbonyl (C=O) groups is 1. The first-order chi connectivity index (χ1) is 10.4. The molecule has 1 aromatic heterocycles. The van der Waals surface area contributed by atoms with E-state index in [1.807, 2.05) is 0 Å². The summed E-state index contributed by atoms with van der Waals surface area (Å²) < 4.78 is 40.9. The van der Waals surface area contributed by atoms with Crippen molar-refractivity contribution in [3.8, 4) is 5.75 Å². The van der Waals surface area contributed by atoms with Crippen molar-refractivity contribution in [1.82, 2.24) is 10.3 Å². The highest BCUT2D eigenvalue weighted by molar-refractivity contribution is 7.22. The van der Waals surface area contributed by atoms with Gasteiger partial charge in [0.2, 0.25) is 5.91 Å². The number of halogens is 4. The largest absolute Gasteiger partial charge is 0.573 e. The minimum absolute atomic E-state index is 0. The first-order valence-corrected chi connectivity index (χ1v) is 7.30. The molecule has 5 nitrogen and oxygen atoms in total. The molecule has 0 saturated carbocycles. The summed E-state index contributed by atoms with van der Waals surface area (Å²) in [5.74, 6) is -0.489. The molecule has 128 valence electrons. The number of thiazole rings is 1. The molecular weight excluding hydrogens is 355 g/mol. The third kappa shape index (κ3) is 6.20. The van der Waals surface area contributed by atoms with Gasteiger partial charge in [0.1, 0.15) is 5.75 Å². The van der Waals surface area contributed by atoms with E-state index in [-0.39, 0.29) is 24.1 Å². The molecule has 0 fully saturated rings. The normalized spacial score (nSPS) is 11.1. The third-order valence-corrected chi connectivity index (χ3v) is 3.60. The van der Waals surface area contributed by atoms with Gasteiger partial charge in [-0.25, -0.2) is 4.98 Å². The molecule has 0 unspecified atom stereocenters. The topological polar surface area (TPSA) is 63.2 Å². The highest BCUT2D eigenvalue weighted by Crippen LogP contribution is 2.31. The third-order valence-electron chi connectivity index (χ3n) is 2.67. The maximum Gasteiger partial charge on any atom is 0.573 e. The van der Waals surface area contributed by atoms with Crippen LogP contribution in [0.1, 0.15) is 12.8 Å². The van der Waals surface area contributed by atoms with Crippen LogP contribution in [0.15, 0.2) is 18.2 Å². The predicted octanol–water partition coefficient (Wildman–Crippen LogP) is 3.55. The van der Waals surface area contributed by atoms with Crippen LogP contribution in [0.2, 0.25) is 0 Å². The number of hydrogen-bond acceptors (Lipinski definition) is 5. The Kier molecular flexibility index (Phi) is 7.04. The Morgan fingerprint density at radius 3 is 2.78 bits per heavy atom. The second kappa shape index (κ2) is 8.32. The fraction of sp³-hybridized carbons (Fsp3) is 0.385. The number of carbonyl (C=O) groups excluding carboxylic acids is 1. The molecule has 0 aliphatic rings. The van der Waals surface area contributed by atoms with E-state index in [0.717, 1.165) is 17.9 Å². The van der Waals surface area contributed by atoms with E-state index < -0.39 is 6.36 Å². The summed E-state index contributed by atoms with van der Waals surface area (Å²) in [6, 6.07) is 3.86. The summed E-state index contributed by atoms with van der Waals surface area (Å²) in [5, 5.41) is 5.93. The molecule has 1 heterocycles. The average Bonchev–Trinajstić information content (AvgIpc) is 2.78. The Morgan fingerprint density at radius 1 is 1.39 bits per heavy atom. The minimum atomic E-state index is -4.73. The monoisotopic (exact) mass is 369 g/mol. The van der Waals surface area contributed by atoms with E-state index in [1.54, 1.807) is 7.05 Å². The molecule has 0 saturated heterocycles. The first kappa shape index (κ1) is 19.5. The van der Waals surface area contributed by atoms with Crippen LogP contribution in [-0.2, 0) is 4.79 Å². The van der Waals surface area contributed by atoms with Crippen LogP contribution < -0.4 is 15.4 Å². The number of aromatic nitrogens is 1. The van der Waals surface area contributed by atoms with Gasteiger partial charge in [-0.3, -0.25) is 4.79 Å². The molecule has 1 aromatic carbocycles. The van der Waals surface area contributed by atoms with Crippen LogP contribution in [0, 0.1) is 0 Å².